The highest BCUT2D eigenvalue weighted by atomic mass is 35.5. The van der Waals surface area contributed by atoms with E-state index in [9.17, 15) is 5.11 Å². The van der Waals surface area contributed by atoms with Gasteiger partial charge < -0.3 is 5.11 Å². The average molecular weight is 331 g/mol. The minimum Gasteiger partial charge on any atom is -0.385 e. The summed E-state index contributed by atoms with van der Waals surface area (Å²) in [4.78, 5) is 0. The Morgan fingerprint density at radius 2 is 1.74 bits per heavy atom. The molecule has 3 saturated carbocycles. The second-order valence-electron chi connectivity index (χ2n) is 8.16. The maximum atomic E-state index is 11.4. The number of rotatable bonds is 1. The van der Waals surface area contributed by atoms with Crippen molar-refractivity contribution >= 4 is 22.5 Å². The van der Waals surface area contributed by atoms with Crippen LogP contribution in [0.3, 0.4) is 0 Å². The Bertz CT molecular complexity index is 738. The van der Waals surface area contributed by atoms with Gasteiger partial charge in [0.05, 0.1) is 17.3 Å². The number of fused-ring (bicyclic) bond motifs is 1. The van der Waals surface area contributed by atoms with E-state index < -0.39 is 5.60 Å². The molecule has 1 spiro atoms. The third kappa shape index (κ3) is 1.90. The summed E-state index contributed by atoms with van der Waals surface area (Å²) in [6, 6.07) is 3.85. The standard InChI is InChI=1S/C19H23ClN2O/c20-15-7-12-9-21-22-17(12)16(8-15)19(23)10-18(11-19)13-3-1-4-14(18)6-2-5-13/h7-9,13-14,23H,1-6,10-11H2,(H,21,22). The van der Waals surface area contributed by atoms with Crippen molar-refractivity contribution in [3.05, 3.63) is 28.9 Å². The highest BCUT2D eigenvalue weighted by Crippen LogP contribution is 2.69. The molecule has 1 aromatic heterocycles. The maximum Gasteiger partial charge on any atom is 0.0928 e. The molecule has 3 aliphatic carbocycles. The molecule has 0 aliphatic heterocycles. The number of aromatic amines is 1. The van der Waals surface area contributed by atoms with Crippen LogP contribution >= 0.6 is 11.6 Å². The van der Waals surface area contributed by atoms with Gasteiger partial charge in [-0.15, -0.1) is 0 Å². The van der Waals surface area contributed by atoms with E-state index in [-0.39, 0.29) is 0 Å². The Kier molecular flexibility index (Phi) is 2.94. The molecule has 0 radical (unpaired) electrons. The van der Waals surface area contributed by atoms with Gasteiger partial charge in [0.2, 0.25) is 0 Å². The molecule has 2 N–H and O–H groups in total. The number of benzene rings is 1. The molecular formula is C19H23ClN2O. The molecule has 0 amide bonds. The molecule has 1 heterocycles. The third-order valence-corrected chi connectivity index (χ3v) is 7.31. The Morgan fingerprint density at radius 1 is 1.09 bits per heavy atom. The van der Waals surface area contributed by atoms with Gasteiger partial charge in [0.15, 0.2) is 0 Å². The van der Waals surface area contributed by atoms with Gasteiger partial charge in [0.25, 0.3) is 0 Å². The largest absolute Gasteiger partial charge is 0.385 e. The lowest BCUT2D eigenvalue weighted by atomic mass is 9.41. The average Bonchev–Trinajstić information content (AvgIpc) is 2.92. The Balaban J connectivity index is 1.54. The lowest BCUT2D eigenvalue weighted by Gasteiger charge is -2.65. The van der Waals surface area contributed by atoms with Crippen LogP contribution in [0.4, 0.5) is 0 Å². The van der Waals surface area contributed by atoms with E-state index in [4.69, 9.17) is 11.6 Å². The van der Waals surface area contributed by atoms with Crippen LogP contribution in [-0.4, -0.2) is 15.3 Å². The van der Waals surface area contributed by atoms with E-state index in [1.165, 1.54) is 38.5 Å². The predicted octanol–water partition coefficient (Wildman–Crippen LogP) is 4.78. The number of hydrogen-bond acceptors (Lipinski definition) is 2. The van der Waals surface area contributed by atoms with Crippen LogP contribution in [0.2, 0.25) is 5.02 Å². The van der Waals surface area contributed by atoms with Crippen LogP contribution in [0.15, 0.2) is 18.3 Å². The van der Waals surface area contributed by atoms with E-state index >= 15 is 0 Å². The van der Waals surface area contributed by atoms with E-state index in [0.717, 1.165) is 41.1 Å². The van der Waals surface area contributed by atoms with Gasteiger partial charge >= 0.3 is 0 Å². The molecule has 0 unspecified atom stereocenters. The van der Waals surface area contributed by atoms with Crippen molar-refractivity contribution in [1.82, 2.24) is 10.2 Å². The van der Waals surface area contributed by atoms with Gasteiger partial charge in [0.1, 0.15) is 0 Å². The minimum absolute atomic E-state index is 0.389. The molecule has 0 atom stereocenters. The van der Waals surface area contributed by atoms with Crippen molar-refractivity contribution in [3.63, 3.8) is 0 Å². The van der Waals surface area contributed by atoms with E-state index in [1.54, 1.807) is 6.20 Å². The van der Waals surface area contributed by atoms with Crippen LogP contribution < -0.4 is 0 Å². The second kappa shape index (κ2) is 4.73. The van der Waals surface area contributed by atoms with Crippen LogP contribution in [0, 0.1) is 17.3 Å². The summed E-state index contributed by atoms with van der Waals surface area (Å²) in [7, 11) is 0. The number of H-pyrrole nitrogens is 1. The fourth-order valence-electron chi connectivity index (χ4n) is 6.19. The Hall–Kier alpha value is -1.06. The van der Waals surface area contributed by atoms with E-state index in [1.807, 2.05) is 12.1 Å². The van der Waals surface area contributed by atoms with Crippen molar-refractivity contribution in [2.75, 3.05) is 0 Å². The van der Waals surface area contributed by atoms with Crippen molar-refractivity contribution in [2.45, 2.75) is 57.0 Å². The molecule has 3 fully saturated rings. The number of hydrogen-bond donors (Lipinski definition) is 2. The van der Waals surface area contributed by atoms with Crippen LogP contribution in [0.25, 0.3) is 10.9 Å². The van der Waals surface area contributed by atoms with E-state index in [0.29, 0.717) is 10.4 Å². The second-order valence-corrected chi connectivity index (χ2v) is 8.60. The molecule has 23 heavy (non-hydrogen) atoms. The van der Waals surface area contributed by atoms with Gasteiger partial charge in [-0.1, -0.05) is 24.4 Å². The van der Waals surface area contributed by atoms with Crippen LogP contribution in [-0.2, 0) is 5.60 Å². The van der Waals surface area contributed by atoms with Crippen LogP contribution in [0.1, 0.15) is 56.9 Å². The normalized spacial score (nSPS) is 39.6. The lowest BCUT2D eigenvalue weighted by molar-refractivity contribution is -0.211. The molecular weight excluding hydrogens is 308 g/mol. The smallest absolute Gasteiger partial charge is 0.0928 e. The predicted molar refractivity (Wildman–Crippen MR) is 91.3 cm³/mol. The number of nitrogens with one attached hydrogen (secondary N) is 1. The molecule has 3 aliphatic rings. The zero-order chi connectivity index (χ0) is 15.7. The lowest BCUT2D eigenvalue weighted by Crippen LogP contribution is -2.59. The van der Waals surface area contributed by atoms with Crippen molar-refractivity contribution in [2.24, 2.45) is 17.3 Å². The quantitative estimate of drug-likeness (QED) is 0.790. The number of halogens is 1. The van der Waals surface area contributed by atoms with Gasteiger partial charge in [-0.25, -0.2) is 0 Å². The Morgan fingerprint density at radius 3 is 2.39 bits per heavy atom. The summed E-state index contributed by atoms with van der Waals surface area (Å²) in [5.41, 5.74) is 1.56. The highest BCUT2D eigenvalue weighted by Gasteiger charge is 2.63. The summed E-state index contributed by atoms with van der Waals surface area (Å²) in [6.07, 6.45) is 11.8. The number of aromatic nitrogens is 2. The summed E-state index contributed by atoms with van der Waals surface area (Å²) in [6.45, 7) is 0. The first-order chi connectivity index (χ1) is 11.1. The molecule has 2 bridgehead atoms. The SMILES string of the molecule is OC1(c2cc(Cl)cc3cn[nH]c23)CC2(C1)C1CCCC2CCC1. The maximum absolute atomic E-state index is 11.4. The first-order valence-corrected chi connectivity index (χ1v) is 9.34. The van der Waals surface area contributed by atoms with Gasteiger partial charge in [-0.05, 0) is 67.9 Å². The summed E-state index contributed by atoms with van der Waals surface area (Å²) < 4.78 is 0. The molecule has 122 valence electrons. The van der Waals surface area contributed by atoms with E-state index in [2.05, 4.69) is 10.2 Å². The van der Waals surface area contributed by atoms with Crippen molar-refractivity contribution in [1.29, 1.82) is 0 Å². The van der Waals surface area contributed by atoms with Crippen LogP contribution in [0.5, 0.6) is 0 Å². The topological polar surface area (TPSA) is 48.9 Å². The van der Waals surface area contributed by atoms with Crippen molar-refractivity contribution < 1.29 is 5.11 Å². The number of nitrogens with zero attached hydrogens (tertiary/aromatic N) is 1. The third-order valence-electron chi connectivity index (χ3n) is 7.09. The first kappa shape index (κ1) is 14.3. The van der Waals surface area contributed by atoms with Gasteiger partial charge in [-0.2, -0.15) is 5.10 Å². The zero-order valence-electron chi connectivity index (χ0n) is 13.3. The summed E-state index contributed by atoms with van der Waals surface area (Å²) >= 11 is 6.29. The zero-order valence-corrected chi connectivity index (χ0v) is 14.1. The fraction of sp³-hybridized carbons (Fsp3) is 0.632. The fourth-order valence-corrected chi connectivity index (χ4v) is 6.41. The van der Waals surface area contributed by atoms with Gasteiger partial charge in [-0.3, -0.25) is 5.10 Å². The molecule has 4 heteroatoms. The minimum atomic E-state index is -0.735. The molecule has 0 saturated heterocycles. The summed E-state index contributed by atoms with van der Waals surface area (Å²) in [5, 5.41) is 20.3. The molecule has 2 aromatic rings. The molecule has 3 nitrogen and oxygen atoms in total. The van der Waals surface area contributed by atoms with Crippen molar-refractivity contribution in [3.8, 4) is 0 Å². The number of aliphatic hydroxyl groups is 1. The van der Waals surface area contributed by atoms with Gasteiger partial charge in [0, 0.05) is 16.0 Å². The monoisotopic (exact) mass is 330 g/mol. The summed E-state index contributed by atoms with van der Waals surface area (Å²) in [5.74, 6) is 1.65. The molecule has 1 aromatic carbocycles. The Labute approximate surface area is 141 Å². The molecule has 5 rings (SSSR count). The highest BCUT2D eigenvalue weighted by molar-refractivity contribution is 6.31. The first-order valence-electron chi connectivity index (χ1n) is 8.96.